The largest absolute Gasteiger partial charge is 0.342 e. The van der Waals surface area contributed by atoms with E-state index in [1.54, 1.807) is 0 Å². The second kappa shape index (κ2) is 7.94. The summed E-state index contributed by atoms with van der Waals surface area (Å²) in [5.41, 5.74) is 3.53. The van der Waals surface area contributed by atoms with Crippen LogP contribution in [0.4, 0.5) is 0 Å². The molecule has 3 aliphatic rings. The predicted molar refractivity (Wildman–Crippen MR) is 116 cm³/mol. The molecule has 5 rings (SSSR count). The summed E-state index contributed by atoms with van der Waals surface area (Å²) < 4.78 is 0. The topological polar surface area (TPSA) is 86.4 Å². The molecule has 2 aromatic rings. The molecule has 1 aromatic carbocycles. The molecule has 7 heteroatoms. The number of aryl methyl sites for hydroxylation is 1. The summed E-state index contributed by atoms with van der Waals surface area (Å²) in [5.74, 6) is 1.14. The molecular formula is C24H28N4O3. The summed E-state index contributed by atoms with van der Waals surface area (Å²) in [7, 11) is 0. The van der Waals surface area contributed by atoms with Crippen LogP contribution in [-0.4, -0.2) is 51.2 Å². The van der Waals surface area contributed by atoms with Crippen LogP contribution in [-0.2, 0) is 29.0 Å². The van der Waals surface area contributed by atoms with Crippen molar-refractivity contribution in [1.82, 2.24) is 19.8 Å². The van der Waals surface area contributed by atoms with Gasteiger partial charge in [-0.15, -0.1) is 0 Å². The van der Waals surface area contributed by atoms with Gasteiger partial charge in [0.2, 0.25) is 11.8 Å². The van der Waals surface area contributed by atoms with E-state index in [-0.39, 0.29) is 29.2 Å². The molecule has 1 aliphatic carbocycles. The maximum Gasteiger partial charge on any atom is 0.254 e. The standard InChI is InChI=1S/C24H28N4O3/c1-15-2-4-16(5-3-15)12-21(29)27-10-8-18(13-27)22-25-20-14-28(24(31)17-6-7-17)11-9-19(20)23(30)26-22/h2-5,17-18H,6-14H2,1H3,(H,25,26,30). The van der Waals surface area contributed by atoms with Gasteiger partial charge in [-0.3, -0.25) is 14.4 Å². The van der Waals surface area contributed by atoms with Crippen molar-refractivity contribution in [3.63, 3.8) is 0 Å². The Balaban J connectivity index is 1.27. The summed E-state index contributed by atoms with van der Waals surface area (Å²) in [6.45, 7) is 4.28. The number of likely N-dealkylation sites (tertiary alicyclic amines) is 1. The average Bonchev–Trinajstić information content (AvgIpc) is 3.50. The molecule has 2 fully saturated rings. The highest BCUT2D eigenvalue weighted by Gasteiger charge is 2.36. The highest BCUT2D eigenvalue weighted by atomic mass is 16.2. The number of aromatic amines is 1. The molecule has 1 saturated carbocycles. The Bertz CT molecular complexity index is 1070. The second-order valence-corrected chi connectivity index (χ2v) is 9.15. The van der Waals surface area contributed by atoms with Gasteiger partial charge in [-0.2, -0.15) is 0 Å². The van der Waals surface area contributed by atoms with Crippen molar-refractivity contribution in [1.29, 1.82) is 0 Å². The zero-order chi connectivity index (χ0) is 21.5. The van der Waals surface area contributed by atoms with Gasteiger partial charge in [0.05, 0.1) is 18.7 Å². The fourth-order valence-corrected chi connectivity index (χ4v) is 4.63. The number of benzene rings is 1. The third kappa shape index (κ3) is 4.13. The first-order valence-corrected chi connectivity index (χ1v) is 11.2. The number of H-pyrrole nitrogens is 1. The molecule has 0 bridgehead atoms. The van der Waals surface area contributed by atoms with E-state index in [0.717, 1.165) is 30.5 Å². The summed E-state index contributed by atoms with van der Waals surface area (Å²) >= 11 is 0. The van der Waals surface area contributed by atoms with Gasteiger partial charge in [-0.1, -0.05) is 29.8 Å². The Labute approximate surface area is 181 Å². The number of fused-ring (bicyclic) bond motifs is 1. The van der Waals surface area contributed by atoms with E-state index in [2.05, 4.69) is 4.98 Å². The molecule has 2 aliphatic heterocycles. The van der Waals surface area contributed by atoms with E-state index in [9.17, 15) is 14.4 Å². The lowest BCUT2D eigenvalue weighted by Gasteiger charge is -2.28. The van der Waals surface area contributed by atoms with Gasteiger partial charge < -0.3 is 14.8 Å². The van der Waals surface area contributed by atoms with Gasteiger partial charge in [0.25, 0.3) is 5.56 Å². The minimum Gasteiger partial charge on any atom is -0.342 e. The molecule has 1 atom stereocenters. The molecule has 1 saturated heterocycles. The lowest BCUT2D eigenvalue weighted by Crippen LogP contribution is -2.40. The molecule has 2 amide bonds. The quantitative estimate of drug-likeness (QED) is 0.819. The van der Waals surface area contributed by atoms with E-state index in [4.69, 9.17) is 4.98 Å². The first-order chi connectivity index (χ1) is 15.0. The molecule has 162 valence electrons. The van der Waals surface area contributed by atoms with Gasteiger partial charge in [0, 0.05) is 37.0 Å². The number of carbonyl (C=O) groups excluding carboxylic acids is 2. The van der Waals surface area contributed by atoms with Crippen molar-refractivity contribution >= 4 is 11.8 Å². The lowest BCUT2D eigenvalue weighted by atomic mass is 10.0. The van der Waals surface area contributed by atoms with Gasteiger partial charge >= 0.3 is 0 Å². The Morgan fingerprint density at radius 3 is 2.61 bits per heavy atom. The van der Waals surface area contributed by atoms with Crippen molar-refractivity contribution in [3.05, 3.63) is 62.8 Å². The minimum absolute atomic E-state index is 0.0227. The summed E-state index contributed by atoms with van der Waals surface area (Å²) in [6, 6.07) is 8.04. The highest BCUT2D eigenvalue weighted by molar-refractivity contribution is 5.81. The van der Waals surface area contributed by atoms with Crippen LogP contribution >= 0.6 is 0 Å². The molecule has 1 unspecified atom stereocenters. The Kier molecular flexibility index (Phi) is 5.12. The van der Waals surface area contributed by atoms with E-state index < -0.39 is 0 Å². The van der Waals surface area contributed by atoms with E-state index in [1.165, 1.54) is 5.56 Å². The van der Waals surface area contributed by atoms with E-state index in [0.29, 0.717) is 50.4 Å². The molecule has 1 N–H and O–H groups in total. The normalized spacial score (nSPS) is 20.6. The molecule has 7 nitrogen and oxygen atoms in total. The van der Waals surface area contributed by atoms with Crippen molar-refractivity contribution in [2.24, 2.45) is 5.92 Å². The van der Waals surface area contributed by atoms with Crippen LogP contribution in [0.25, 0.3) is 0 Å². The molecular weight excluding hydrogens is 392 g/mol. The van der Waals surface area contributed by atoms with Crippen LogP contribution in [0, 0.1) is 12.8 Å². The van der Waals surface area contributed by atoms with Gasteiger partial charge in [-0.25, -0.2) is 4.98 Å². The maximum atomic E-state index is 12.8. The number of rotatable bonds is 4. The average molecular weight is 421 g/mol. The summed E-state index contributed by atoms with van der Waals surface area (Å²) in [4.78, 5) is 49.3. The van der Waals surface area contributed by atoms with Crippen LogP contribution in [0.2, 0.25) is 0 Å². The predicted octanol–water partition coefficient (Wildman–Crippen LogP) is 1.93. The number of nitrogens with one attached hydrogen (secondary N) is 1. The fraction of sp³-hybridized carbons (Fsp3) is 0.500. The SMILES string of the molecule is Cc1ccc(CC(=O)N2CCC(c3nc4c(c(=O)[nH]3)CCN(C(=O)C3CC3)C4)C2)cc1. The van der Waals surface area contributed by atoms with Crippen molar-refractivity contribution in [3.8, 4) is 0 Å². The number of carbonyl (C=O) groups is 2. The second-order valence-electron chi connectivity index (χ2n) is 9.15. The van der Waals surface area contributed by atoms with Gasteiger partial charge in [-0.05, 0) is 38.2 Å². The van der Waals surface area contributed by atoms with Gasteiger partial charge in [0.1, 0.15) is 5.82 Å². The van der Waals surface area contributed by atoms with Crippen LogP contribution in [0.3, 0.4) is 0 Å². The zero-order valence-electron chi connectivity index (χ0n) is 17.9. The van der Waals surface area contributed by atoms with Crippen LogP contribution in [0.5, 0.6) is 0 Å². The Morgan fingerprint density at radius 1 is 1.10 bits per heavy atom. The number of nitrogens with zero attached hydrogens (tertiary/aromatic N) is 3. The third-order valence-electron chi connectivity index (χ3n) is 6.73. The summed E-state index contributed by atoms with van der Waals surface area (Å²) in [6.07, 6.45) is 3.68. The molecule has 0 radical (unpaired) electrons. The molecule has 31 heavy (non-hydrogen) atoms. The number of hydrogen-bond acceptors (Lipinski definition) is 4. The molecule has 0 spiro atoms. The van der Waals surface area contributed by atoms with Crippen molar-refractivity contribution < 1.29 is 9.59 Å². The monoisotopic (exact) mass is 420 g/mol. The molecule has 3 heterocycles. The van der Waals surface area contributed by atoms with Crippen LogP contribution in [0.1, 0.15) is 53.4 Å². The number of aromatic nitrogens is 2. The summed E-state index contributed by atoms with van der Waals surface area (Å²) in [5, 5.41) is 0. The van der Waals surface area contributed by atoms with Gasteiger partial charge in [0.15, 0.2) is 0 Å². The lowest BCUT2D eigenvalue weighted by molar-refractivity contribution is -0.133. The maximum absolute atomic E-state index is 12.8. The minimum atomic E-state index is -0.0945. The number of amides is 2. The van der Waals surface area contributed by atoms with Crippen LogP contribution < -0.4 is 5.56 Å². The number of hydrogen-bond donors (Lipinski definition) is 1. The van der Waals surface area contributed by atoms with E-state index in [1.807, 2.05) is 41.0 Å². The molecule has 1 aromatic heterocycles. The first-order valence-electron chi connectivity index (χ1n) is 11.2. The van der Waals surface area contributed by atoms with Crippen LogP contribution in [0.15, 0.2) is 29.1 Å². The fourth-order valence-electron chi connectivity index (χ4n) is 4.63. The first kappa shape index (κ1) is 20.0. The van der Waals surface area contributed by atoms with E-state index >= 15 is 0 Å². The Hall–Kier alpha value is -2.96. The van der Waals surface area contributed by atoms with Crippen molar-refractivity contribution in [2.45, 2.75) is 51.5 Å². The van der Waals surface area contributed by atoms with Crippen molar-refractivity contribution in [2.75, 3.05) is 19.6 Å². The third-order valence-corrected chi connectivity index (χ3v) is 6.73. The zero-order valence-corrected chi connectivity index (χ0v) is 17.9. The Morgan fingerprint density at radius 2 is 1.87 bits per heavy atom. The highest BCUT2D eigenvalue weighted by Crippen LogP contribution is 2.32. The smallest absolute Gasteiger partial charge is 0.254 e.